The highest BCUT2D eigenvalue weighted by Gasteiger charge is 2.27. The summed E-state index contributed by atoms with van der Waals surface area (Å²) < 4.78 is 0. The smallest absolute Gasteiger partial charge is 0.253 e. The van der Waals surface area contributed by atoms with E-state index in [0.29, 0.717) is 11.1 Å². The number of piperazine rings is 1. The molecule has 0 saturated carbocycles. The summed E-state index contributed by atoms with van der Waals surface area (Å²) in [5.41, 5.74) is 6.50. The molecule has 39 heavy (non-hydrogen) atoms. The first-order chi connectivity index (χ1) is 18.8. The molecule has 204 valence electrons. The summed E-state index contributed by atoms with van der Waals surface area (Å²) in [6.07, 6.45) is 4.63. The van der Waals surface area contributed by atoms with Gasteiger partial charge in [0, 0.05) is 71.9 Å². The molecule has 0 spiro atoms. The van der Waals surface area contributed by atoms with Crippen LogP contribution in [0.25, 0.3) is 22.0 Å². The number of hydrogen-bond acceptors (Lipinski definition) is 5. The maximum absolute atomic E-state index is 14.0. The van der Waals surface area contributed by atoms with E-state index in [1.807, 2.05) is 45.3 Å². The molecular weight excluding hydrogens is 488 g/mol. The highest BCUT2D eigenvalue weighted by Crippen LogP contribution is 2.32. The van der Waals surface area contributed by atoms with Crippen molar-refractivity contribution in [1.82, 2.24) is 25.6 Å². The van der Waals surface area contributed by atoms with Gasteiger partial charge in [-0.25, -0.2) is 4.98 Å². The van der Waals surface area contributed by atoms with Gasteiger partial charge in [-0.15, -0.1) is 0 Å². The molecule has 1 aliphatic heterocycles. The number of aromatic nitrogens is 3. The maximum atomic E-state index is 14.0. The molecule has 1 aromatic carbocycles. The van der Waals surface area contributed by atoms with Crippen molar-refractivity contribution in [1.29, 1.82) is 0 Å². The number of benzene rings is 1. The van der Waals surface area contributed by atoms with Crippen molar-refractivity contribution in [2.75, 3.05) is 31.1 Å². The second kappa shape index (κ2) is 11.1. The van der Waals surface area contributed by atoms with Crippen LogP contribution in [0.4, 0.5) is 5.82 Å². The Hall–Kier alpha value is -3.91. The van der Waals surface area contributed by atoms with Crippen LogP contribution in [0.15, 0.2) is 47.5 Å². The van der Waals surface area contributed by atoms with Crippen LogP contribution in [-0.2, 0) is 0 Å². The lowest BCUT2D eigenvalue weighted by atomic mass is 9.90. The Kier molecular flexibility index (Phi) is 7.57. The quantitative estimate of drug-likeness (QED) is 0.278. The first-order valence-electron chi connectivity index (χ1n) is 13.8. The number of H-pyrrole nitrogens is 2. The van der Waals surface area contributed by atoms with Crippen molar-refractivity contribution < 1.29 is 4.79 Å². The van der Waals surface area contributed by atoms with Gasteiger partial charge in [0.25, 0.3) is 11.5 Å². The zero-order chi connectivity index (χ0) is 27.7. The number of aromatic amines is 2. The van der Waals surface area contributed by atoms with Gasteiger partial charge in [0.2, 0.25) is 0 Å². The number of nitrogens with zero attached hydrogens (tertiary/aromatic N) is 2. The molecule has 4 N–H and O–H groups in total. The van der Waals surface area contributed by atoms with Gasteiger partial charge < -0.3 is 25.5 Å². The summed E-state index contributed by atoms with van der Waals surface area (Å²) in [7, 11) is 0. The fraction of sp³-hybridized carbons (Fsp3) is 0.387. The van der Waals surface area contributed by atoms with Crippen molar-refractivity contribution in [3.05, 3.63) is 81.0 Å². The monoisotopic (exact) mass is 526 g/mol. The molecular formula is C31H38N6O2. The summed E-state index contributed by atoms with van der Waals surface area (Å²) in [6.45, 7) is 13.7. The molecule has 1 saturated heterocycles. The molecule has 1 unspecified atom stereocenters. The van der Waals surface area contributed by atoms with Crippen molar-refractivity contribution in [2.45, 2.75) is 47.1 Å². The van der Waals surface area contributed by atoms with E-state index in [1.54, 1.807) is 0 Å². The molecule has 0 bridgehead atoms. The summed E-state index contributed by atoms with van der Waals surface area (Å²) in [4.78, 5) is 40.3. The molecule has 4 aromatic rings. The molecule has 1 fully saturated rings. The van der Waals surface area contributed by atoms with Crippen molar-refractivity contribution in [3.8, 4) is 11.1 Å². The van der Waals surface area contributed by atoms with Crippen LogP contribution in [0, 0.1) is 26.7 Å². The average Bonchev–Trinajstić information content (AvgIpc) is 3.32. The zero-order valence-corrected chi connectivity index (χ0v) is 23.4. The third-order valence-corrected chi connectivity index (χ3v) is 7.97. The van der Waals surface area contributed by atoms with Gasteiger partial charge in [-0.05, 0) is 73.7 Å². The van der Waals surface area contributed by atoms with Crippen molar-refractivity contribution in [3.63, 3.8) is 0 Å². The van der Waals surface area contributed by atoms with E-state index < -0.39 is 6.04 Å². The summed E-state index contributed by atoms with van der Waals surface area (Å²) in [5, 5.41) is 7.50. The Bertz CT molecular complexity index is 1550. The molecule has 5 rings (SSSR count). The molecule has 1 amide bonds. The standard InChI is InChI=1S/C31H38N6O2/c1-6-18(2)29(28-19(3)13-21(5)35-31(28)39)36-30(38)24-14-23(15-25-27(24)20(4)16-33-25)22-7-8-26(34-17-22)37-11-9-32-10-12-37/h7-8,13-18,29,32-33H,6,9-12H2,1-5H3,(H,35,39)(H,36,38)/t18-,29?/m0/s1. The second-order valence-electron chi connectivity index (χ2n) is 10.8. The molecule has 8 heteroatoms. The van der Waals surface area contributed by atoms with Crippen LogP contribution >= 0.6 is 0 Å². The number of pyridine rings is 2. The van der Waals surface area contributed by atoms with Crippen LogP contribution in [-0.4, -0.2) is 47.0 Å². The predicted octanol–water partition coefficient (Wildman–Crippen LogP) is 4.77. The molecule has 0 aliphatic carbocycles. The number of anilines is 1. The van der Waals surface area contributed by atoms with E-state index in [2.05, 4.69) is 57.5 Å². The van der Waals surface area contributed by atoms with Gasteiger partial charge in [0.05, 0.1) is 6.04 Å². The van der Waals surface area contributed by atoms with Gasteiger partial charge in [-0.1, -0.05) is 20.3 Å². The highest BCUT2D eigenvalue weighted by molar-refractivity contribution is 6.09. The predicted molar refractivity (Wildman–Crippen MR) is 158 cm³/mol. The van der Waals surface area contributed by atoms with Gasteiger partial charge in [-0.2, -0.15) is 0 Å². The first-order valence-corrected chi connectivity index (χ1v) is 13.8. The van der Waals surface area contributed by atoms with Crippen LogP contribution in [0.5, 0.6) is 0 Å². The van der Waals surface area contributed by atoms with Gasteiger partial charge >= 0.3 is 0 Å². The number of carbonyl (C=O) groups excluding carboxylic acids is 1. The largest absolute Gasteiger partial charge is 0.361 e. The summed E-state index contributed by atoms with van der Waals surface area (Å²) >= 11 is 0. The fourth-order valence-electron chi connectivity index (χ4n) is 5.63. The van der Waals surface area contributed by atoms with Gasteiger partial charge in [0.1, 0.15) is 5.82 Å². The Morgan fingerprint density at radius 2 is 1.85 bits per heavy atom. The minimum atomic E-state index is -0.412. The SMILES string of the molecule is CC[C@H](C)C(NC(=O)c1cc(-c2ccc(N3CCNCC3)nc2)cc2[nH]cc(C)c12)c1c(C)cc(C)[nH]c1=O. The van der Waals surface area contributed by atoms with Crippen LogP contribution < -0.4 is 21.1 Å². The highest BCUT2D eigenvalue weighted by atomic mass is 16.2. The van der Waals surface area contributed by atoms with Crippen LogP contribution in [0.3, 0.4) is 0 Å². The summed E-state index contributed by atoms with van der Waals surface area (Å²) in [6, 6.07) is 9.69. The zero-order valence-electron chi connectivity index (χ0n) is 23.4. The Labute approximate surface area is 229 Å². The minimum absolute atomic E-state index is 0.0733. The number of amides is 1. The Balaban J connectivity index is 1.52. The lowest BCUT2D eigenvalue weighted by Gasteiger charge is -2.28. The number of carbonyl (C=O) groups is 1. The lowest BCUT2D eigenvalue weighted by molar-refractivity contribution is 0.0924. The molecule has 8 nitrogen and oxygen atoms in total. The lowest BCUT2D eigenvalue weighted by Crippen LogP contribution is -2.43. The van der Waals surface area contributed by atoms with E-state index in [9.17, 15) is 9.59 Å². The molecule has 3 aromatic heterocycles. The van der Waals surface area contributed by atoms with Crippen molar-refractivity contribution >= 4 is 22.6 Å². The number of nitrogens with one attached hydrogen (secondary N) is 4. The minimum Gasteiger partial charge on any atom is -0.361 e. The Morgan fingerprint density at radius 1 is 1.08 bits per heavy atom. The second-order valence-corrected chi connectivity index (χ2v) is 10.8. The van der Waals surface area contributed by atoms with Crippen LogP contribution in [0.1, 0.15) is 59.1 Å². The van der Waals surface area contributed by atoms with Crippen LogP contribution in [0.2, 0.25) is 0 Å². The van der Waals surface area contributed by atoms with Crippen molar-refractivity contribution in [2.24, 2.45) is 5.92 Å². The molecule has 0 radical (unpaired) electrons. The fourth-order valence-corrected chi connectivity index (χ4v) is 5.63. The molecule has 4 heterocycles. The van der Waals surface area contributed by atoms with E-state index in [-0.39, 0.29) is 17.4 Å². The first kappa shape index (κ1) is 26.7. The van der Waals surface area contributed by atoms with E-state index in [1.165, 1.54) is 0 Å². The van der Waals surface area contributed by atoms with Gasteiger partial charge in [-0.3, -0.25) is 9.59 Å². The van der Waals surface area contributed by atoms with Gasteiger partial charge in [0.15, 0.2) is 0 Å². The topological polar surface area (TPSA) is 106 Å². The normalized spacial score (nSPS) is 15.4. The number of aryl methyl sites for hydroxylation is 3. The average molecular weight is 527 g/mol. The summed E-state index contributed by atoms with van der Waals surface area (Å²) in [5.74, 6) is 0.842. The van der Waals surface area contributed by atoms with E-state index in [4.69, 9.17) is 4.98 Å². The van der Waals surface area contributed by atoms with E-state index in [0.717, 1.165) is 77.3 Å². The number of rotatable bonds is 7. The van der Waals surface area contributed by atoms with E-state index >= 15 is 0 Å². The maximum Gasteiger partial charge on any atom is 0.253 e. The molecule has 1 aliphatic rings. The third-order valence-electron chi connectivity index (χ3n) is 7.97. The number of hydrogen-bond donors (Lipinski definition) is 4. The molecule has 2 atom stereocenters. The Morgan fingerprint density at radius 3 is 2.51 bits per heavy atom. The third kappa shape index (κ3) is 5.34. The number of fused-ring (bicyclic) bond motifs is 1.